The third-order valence-corrected chi connectivity index (χ3v) is 7.27. The SMILES string of the molecule is COC(=O)c1ccc(C=NNC(=O)CN(Cc2c(F)cccc2Cl)S(=O)(=O)c2ccc(C)cc2)cc1. The number of hydrogen-bond acceptors (Lipinski definition) is 6. The highest BCUT2D eigenvalue weighted by molar-refractivity contribution is 7.89. The van der Waals surface area contributed by atoms with Crippen LogP contribution in [0.25, 0.3) is 0 Å². The molecule has 0 bridgehead atoms. The average Bonchev–Trinajstić information content (AvgIpc) is 2.85. The fraction of sp³-hybridized carbons (Fsp3) is 0.160. The lowest BCUT2D eigenvalue weighted by atomic mass is 10.1. The van der Waals surface area contributed by atoms with Crippen molar-refractivity contribution in [1.29, 1.82) is 0 Å². The van der Waals surface area contributed by atoms with Crippen molar-refractivity contribution in [3.63, 3.8) is 0 Å². The van der Waals surface area contributed by atoms with Crippen molar-refractivity contribution in [2.45, 2.75) is 18.4 Å². The molecule has 3 aromatic carbocycles. The highest BCUT2D eigenvalue weighted by Crippen LogP contribution is 2.24. The van der Waals surface area contributed by atoms with E-state index in [0.717, 1.165) is 15.9 Å². The van der Waals surface area contributed by atoms with Crippen molar-refractivity contribution in [3.05, 3.63) is 99.8 Å². The number of benzene rings is 3. The van der Waals surface area contributed by atoms with Gasteiger partial charge >= 0.3 is 5.97 Å². The van der Waals surface area contributed by atoms with Crippen molar-refractivity contribution >= 4 is 39.7 Å². The van der Waals surface area contributed by atoms with Crippen LogP contribution in [0.1, 0.15) is 27.0 Å². The van der Waals surface area contributed by atoms with Gasteiger partial charge in [-0.15, -0.1) is 0 Å². The molecule has 1 amide bonds. The van der Waals surface area contributed by atoms with Gasteiger partial charge < -0.3 is 4.74 Å². The van der Waals surface area contributed by atoms with Crippen LogP contribution < -0.4 is 5.43 Å². The summed E-state index contributed by atoms with van der Waals surface area (Å²) in [6.45, 7) is 0.703. The second kappa shape index (κ2) is 11.9. The third kappa shape index (κ3) is 6.75. The maximum atomic E-state index is 14.4. The van der Waals surface area contributed by atoms with Gasteiger partial charge in [-0.2, -0.15) is 9.41 Å². The molecule has 3 aromatic rings. The first-order valence-corrected chi connectivity index (χ1v) is 12.4. The summed E-state index contributed by atoms with van der Waals surface area (Å²) in [6.07, 6.45) is 1.32. The number of nitrogens with zero attached hydrogens (tertiary/aromatic N) is 2. The minimum Gasteiger partial charge on any atom is -0.465 e. The minimum atomic E-state index is -4.19. The van der Waals surface area contributed by atoms with Gasteiger partial charge in [0.1, 0.15) is 5.82 Å². The van der Waals surface area contributed by atoms with Crippen molar-refractivity contribution < 1.29 is 27.1 Å². The van der Waals surface area contributed by atoms with Crippen LogP contribution in [0.3, 0.4) is 0 Å². The van der Waals surface area contributed by atoms with Crippen molar-refractivity contribution in [2.24, 2.45) is 5.10 Å². The number of aryl methyl sites for hydroxylation is 1. The maximum Gasteiger partial charge on any atom is 0.337 e. The normalized spacial score (nSPS) is 11.6. The number of rotatable bonds is 9. The van der Waals surface area contributed by atoms with E-state index < -0.39 is 40.8 Å². The Bertz CT molecular complexity index is 1360. The van der Waals surface area contributed by atoms with E-state index in [2.05, 4.69) is 15.3 Å². The Balaban J connectivity index is 1.79. The van der Waals surface area contributed by atoms with Crippen LogP contribution >= 0.6 is 11.6 Å². The van der Waals surface area contributed by atoms with Gasteiger partial charge in [0.25, 0.3) is 5.91 Å². The van der Waals surface area contributed by atoms with Gasteiger partial charge in [-0.25, -0.2) is 23.0 Å². The molecule has 0 aliphatic carbocycles. The van der Waals surface area contributed by atoms with Gasteiger partial charge in [0, 0.05) is 17.1 Å². The van der Waals surface area contributed by atoms with Gasteiger partial charge in [-0.3, -0.25) is 4.79 Å². The Morgan fingerprint density at radius 3 is 2.36 bits per heavy atom. The summed E-state index contributed by atoms with van der Waals surface area (Å²) in [6, 6.07) is 16.3. The summed E-state index contributed by atoms with van der Waals surface area (Å²) >= 11 is 6.10. The molecule has 0 saturated carbocycles. The first-order chi connectivity index (χ1) is 17.1. The van der Waals surface area contributed by atoms with Crippen LogP contribution in [0.15, 0.2) is 76.7 Å². The highest BCUT2D eigenvalue weighted by Gasteiger charge is 2.28. The fourth-order valence-electron chi connectivity index (χ4n) is 3.14. The smallest absolute Gasteiger partial charge is 0.337 e. The number of carbonyl (C=O) groups excluding carboxylic acids is 2. The first-order valence-electron chi connectivity index (χ1n) is 10.6. The lowest BCUT2D eigenvalue weighted by molar-refractivity contribution is -0.121. The molecular formula is C25H23ClFN3O5S. The number of hydrogen-bond donors (Lipinski definition) is 1. The molecule has 0 spiro atoms. The lowest BCUT2D eigenvalue weighted by Crippen LogP contribution is -2.39. The zero-order valence-electron chi connectivity index (χ0n) is 19.4. The second-order valence-electron chi connectivity index (χ2n) is 7.69. The zero-order valence-corrected chi connectivity index (χ0v) is 21.0. The minimum absolute atomic E-state index is 0.0351. The molecule has 3 rings (SSSR count). The summed E-state index contributed by atoms with van der Waals surface area (Å²) in [7, 11) is -2.91. The molecule has 36 heavy (non-hydrogen) atoms. The fourth-order valence-corrected chi connectivity index (χ4v) is 4.73. The van der Waals surface area contributed by atoms with E-state index in [9.17, 15) is 22.4 Å². The Hall–Kier alpha value is -3.60. The van der Waals surface area contributed by atoms with Gasteiger partial charge in [-0.1, -0.05) is 47.5 Å². The van der Waals surface area contributed by atoms with Gasteiger partial charge in [0.2, 0.25) is 10.0 Å². The molecule has 0 atom stereocenters. The number of nitrogens with one attached hydrogen (secondary N) is 1. The molecule has 8 nitrogen and oxygen atoms in total. The Kier molecular flexibility index (Phi) is 8.92. The lowest BCUT2D eigenvalue weighted by Gasteiger charge is -2.22. The summed E-state index contributed by atoms with van der Waals surface area (Å²) in [5.74, 6) is -1.93. The van der Waals surface area contributed by atoms with Crippen molar-refractivity contribution in [2.75, 3.05) is 13.7 Å². The number of esters is 1. The number of methoxy groups -OCH3 is 1. The van der Waals surface area contributed by atoms with E-state index in [1.54, 1.807) is 24.3 Å². The summed E-state index contributed by atoms with van der Waals surface area (Å²) < 4.78 is 46.5. The standard InChI is InChI=1S/C25H23ClFN3O5S/c1-17-6-12-20(13-7-17)36(33,34)30(15-21-22(26)4-3-5-23(21)27)16-24(31)29-28-14-18-8-10-19(11-9-18)25(32)35-2/h3-14H,15-16H2,1-2H3,(H,29,31). The molecule has 0 saturated heterocycles. The molecule has 11 heteroatoms. The van der Waals surface area contributed by atoms with Crippen LogP contribution in [0.4, 0.5) is 4.39 Å². The number of amides is 1. The average molecular weight is 532 g/mol. The summed E-state index contributed by atoms with van der Waals surface area (Å²) in [5, 5.41) is 3.87. The van der Waals surface area contributed by atoms with Gasteiger partial charge in [0.05, 0.1) is 30.3 Å². The third-order valence-electron chi connectivity index (χ3n) is 5.11. The van der Waals surface area contributed by atoms with Gasteiger partial charge in [-0.05, 0) is 48.9 Å². The van der Waals surface area contributed by atoms with E-state index in [-0.39, 0.29) is 15.5 Å². The number of halogens is 2. The van der Waals surface area contributed by atoms with E-state index in [1.165, 1.54) is 49.7 Å². The molecule has 0 aromatic heterocycles. The monoisotopic (exact) mass is 531 g/mol. The number of hydrazone groups is 1. The van der Waals surface area contributed by atoms with Crippen LogP contribution in [0.2, 0.25) is 5.02 Å². The molecule has 0 unspecified atom stereocenters. The molecule has 0 radical (unpaired) electrons. The quantitative estimate of drug-likeness (QED) is 0.256. The van der Waals surface area contributed by atoms with Gasteiger partial charge in [0.15, 0.2) is 0 Å². The Morgan fingerprint density at radius 1 is 1.08 bits per heavy atom. The molecule has 0 aliphatic rings. The van der Waals surface area contributed by atoms with Crippen LogP contribution in [-0.2, 0) is 26.1 Å². The number of carbonyl (C=O) groups is 2. The molecule has 1 N–H and O–H groups in total. The number of sulfonamides is 1. The predicted molar refractivity (Wildman–Crippen MR) is 134 cm³/mol. The zero-order chi connectivity index (χ0) is 26.3. The largest absolute Gasteiger partial charge is 0.465 e. The maximum absolute atomic E-state index is 14.4. The van der Waals surface area contributed by atoms with E-state index >= 15 is 0 Å². The van der Waals surface area contributed by atoms with Crippen LogP contribution in [0.5, 0.6) is 0 Å². The highest BCUT2D eigenvalue weighted by atomic mass is 35.5. The molecule has 0 aliphatic heterocycles. The first kappa shape index (κ1) is 27.0. The van der Waals surface area contributed by atoms with Crippen molar-refractivity contribution in [1.82, 2.24) is 9.73 Å². The van der Waals surface area contributed by atoms with E-state index in [0.29, 0.717) is 11.1 Å². The van der Waals surface area contributed by atoms with Crippen LogP contribution in [0, 0.1) is 12.7 Å². The van der Waals surface area contributed by atoms with E-state index in [1.807, 2.05) is 6.92 Å². The van der Waals surface area contributed by atoms with E-state index in [4.69, 9.17) is 11.6 Å². The van der Waals surface area contributed by atoms with Crippen LogP contribution in [-0.4, -0.2) is 44.5 Å². The molecule has 188 valence electrons. The second-order valence-corrected chi connectivity index (χ2v) is 10.0. The summed E-state index contributed by atoms with van der Waals surface area (Å²) in [5.41, 5.74) is 3.98. The summed E-state index contributed by atoms with van der Waals surface area (Å²) in [4.78, 5) is 24.1. The molecule has 0 fully saturated rings. The number of ether oxygens (including phenoxy) is 1. The molecule has 0 heterocycles. The molecular weight excluding hydrogens is 509 g/mol. The topological polar surface area (TPSA) is 105 Å². The Morgan fingerprint density at radius 2 is 1.75 bits per heavy atom. The predicted octanol–water partition coefficient (Wildman–Crippen LogP) is 3.92. The van der Waals surface area contributed by atoms with Crippen molar-refractivity contribution in [3.8, 4) is 0 Å². The Labute approximate surface area is 213 Å².